The maximum Gasteiger partial charge on any atom is 0.337 e. The largest absolute Gasteiger partial charge is 0.465 e. The molecule has 28 heavy (non-hydrogen) atoms. The summed E-state index contributed by atoms with van der Waals surface area (Å²) >= 11 is 0. The summed E-state index contributed by atoms with van der Waals surface area (Å²) in [6.45, 7) is 1.92. The third-order valence-electron chi connectivity index (χ3n) is 6.44. The second-order valence-corrected chi connectivity index (χ2v) is 7.66. The van der Waals surface area contributed by atoms with Gasteiger partial charge in [0.05, 0.1) is 24.4 Å². The number of aromatic nitrogens is 2. The Hall–Kier alpha value is -3.07. The highest BCUT2D eigenvalue weighted by atomic mass is 16.5. The molecule has 0 bridgehead atoms. The van der Waals surface area contributed by atoms with Crippen molar-refractivity contribution in [3.8, 4) is 6.07 Å². The third kappa shape index (κ3) is 2.54. The molecule has 1 aromatic carbocycles. The first-order valence-corrected chi connectivity index (χ1v) is 9.44. The molecule has 0 radical (unpaired) electrons. The zero-order chi connectivity index (χ0) is 19.9. The van der Waals surface area contributed by atoms with Crippen LogP contribution in [0.3, 0.4) is 0 Å². The first-order chi connectivity index (χ1) is 13.5. The van der Waals surface area contributed by atoms with Gasteiger partial charge in [-0.1, -0.05) is 19.1 Å². The van der Waals surface area contributed by atoms with Crippen LogP contribution < -0.4 is 0 Å². The van der Waals surface area contributed by atoms with Crippen LogP contribution in [-0.2, 0) is 21.4 Å². The molecule has 0 saturated heterocycles. The Morgan fingerprint density at radius 1 is 1.39 bits per heavy atom. The van der Waals surface area contributed by atoms with E-state index in [0.717, 1.165) is 29.7 Å². The van der Waals surface area contributed by atoms with Gasteiger partial charge in [-0.15, -0.1) is 0 Å². The number of Topliss-reactive ketones (excluding diaryl/α,β-unsaturated/α-hetero) is 1. The standard InChI is InChI=1S/C22H21N3O3/c1-13-18-7-6-15-11-24-12-25-20(15)22(18,9-16(10-23)19(13)26)17-5-3-4-14(8-17)21(27)28-2/h3-5,8,11-13,16,18H,6-7,9H2,1-2H3/t13-,16?,18-,22+/m0/s1. The number of ether oxygens (including phenoxy) is 1. The van der Waals surface area contributed by atoms with E-state index >= 15 is 0 Å². The Morgan fingerprint density at radius 3 is 2.96 bits per heavy atom. The molecule has 0 amide bonds. The number of benzene rings is 1. The molecule has 2 aliphatic rings. The van der Waals surface area contributed by atoms with Gasteiger partial charge in [-0.3, -0.25) is 4.79 Å². The van der Waals surface area contributed by atoms with Crippen LogP contribution >= 0.6 is 0 Å². The molecule has 1 heterocycles. The summed E-state index contributed by atoms with van der Waals surface area (Å²) in [4.78, 5) is 33.7. The molecule has 0 N–H and O–H groups in total. The predicted molar refractivity (Wildman–Crippen MR) is 100 cm³/mol. The molecular weight excluding hydrogens is 354 g/mol. The van der Waals surface area contributed by atoms with Crippen molar-refractivity contribution in [1.82, 2.24) is 9.97 Å². The van der Waals surface area contributed by atoms with Crippen LogP contribution in [0.4, 0.5) is 0 Å². The molecule has 1 unspecified atom stereocenters. The van der Waals surface area contributed by atoms with Gasteiger partial charge in [-0.25, -0.2) is 14.8 Å². The highest BCUT2D eigenvalue weighted by Crippen LogP contribution is 2.55. The number of carbonyl (C=O) groups is 2. The highest BCUT2D eigenvalue weighted by Gasteiger charge is 2.56. The summed E-state index contributed by atoms with van der Waals surface area (Å²) in [7, 11) is 1.35. The molecule has 142 valence electrons. The van der Waals surface area contributed by atoms with Gasteiger partial charge in [0.25, 0.3) is 0 Å². The van der Waals surface area contributed by atoms with Crippen LogP contribution in [-0.4, -0.2) is 28.8 Å². The number of carbonyl (C=O) groups excluding carboxylic acids is 2. The van der Waals surface area contributed by atoms with Crippen molar-refractivity contribution < 1.29 is 14.3 Å². The molecule has 6 heteroatoms. The van der Waals surface area contributed by atoms with Crippen molar-refractivity contribution >= 4 is 11.8 Å². The zero-order valence-corrected chi connectivity index (χ0v) is 15.9. The van der Waals surface area contributed by atoms with E-state index in [0.29, 0.717) is 12.0 Å². The van der Waals surface area contributed by atoms with Gasteiger partial charge in [0.1, 0.15) is 12.2 Å². The van der Waals surface area contributed by atoms with Crippen molar-refractivity contribution in [2.24, 2.45) is 17.8 Å². The van der Waals surface area contributed by atoms with E-state index in [4.69, 9.17) is 4.74 Å². The second-order valence-electron chi connectivity index (χ2n) is 7.66. The molecule has 2 aliphatic carbocycles. The maximum absolute atomic E-state index is 12.8. The fourth-order valence-electron chi connectivity index (χ4n) is 5.16. The van der Waals surface area contributed by atoms with Crippen molar-refractivity contribution in [3.05, 3.63) is 59.2 Å². The molecule has 0 aliphatic heterocycles. The van der Waals surface area contributed by atoms with Crippen LogP contribution in [0.1, 0.15) is 46.9 Å². The molecule has 4 rings (SSSR count). The Bertz CT molecular complexity index is 997. The van der Waals surface area contributed by atoms with Crippen molar-refractivity contribution in [2.45, 2.75) is 31.6 Å². The highest BCUT2D eigenvalue weighted by molar-refractivity contribution is 5.90. The number of hydrogen-bond acceptors (Lipinski definition) is 6. The summed E-state index contributed by atoms with van der Waals surface area (Å²) in [5.41, 5.74) is 2.67. The molecule has 1 fully saturated rings. The summed E-state index contributed by atoms with van der Waals surface area (Å²) in [6, 6.07) is 9.54. The molecule has 4 atom stereocenters. The van der Waals surface area contributed by atoms with E-state index in [9.17, 15) is 14.9 Å². The summed E-state index contributed by atoms with van der Waals surface area (Å²) in [5.74, 6) is -1.35. The Morgan fingerprint density at radius 2 is 2.21 bits per heavy atom. The number of hydrogen-bond donors (Lipinski definition) is 0. The lowest BCUT2D eigenvalue weighted by Crippen LogP contribution is -2.53. The quantitative estimate of drug-likeness (QED) is 0.750. The Labute approximate surface area is 163 Å². The first-order valence-electron chi connectivity index (χ1n) is 9.44. The van der Waals surface area contributed by atoms with Gasteiger partial charge < -0.3 is 4.74 Å². The number of nitrogens with zero attached hydrogens (tertiary/aromatic N) is 3. The topological polar surface area (TPSA) is 92.9 Å². The van der Waals surface area contributed by atoms with E-state index in [2.05, 4.69) is 16.0 Å². The van der Waals surface area contributed by atoms with Crippen molar-refractivity contribution in [3.63, 3.8) is 0 Å². The lowest BCUT2D eigenvalue weighted by Gasteiger charge is -2.51. The average Bonchev–Trinajstić information content (AvgIpc) is 2.75. The number of aryl methyl sites for hydroxylation is 1. The van der Waals surface area contributed by atoms with E-state index in [1.165, 1.54) is 13.4 Å². The van der Waals surface area contributed by atoms with Crippen LogP contribution in [0.5, 0.6) is 0 Å². The second kappa shape index (κ2) is 6.83. The zero-order valence-electron chi connectivity index (χ0n) is 15.9. The van der Waals surface area contributed by atoms with Gasteiger partial charge in [-0.05, 0) is 48.4 Å². The van der Waals surface area contributed by atoms with E-state index in [-0.39, 0.29) is 17.6 Å². The van der Waals surface area contributed by atoms with Gasteiger partial charge >= 0.3 is 5.97 Å². The van der Waals surface area contributed by atoms with E-state index in [1.54, 1.807) is 6.07 Å². The molecule has 1 aromatic heterocycles. The lowest BCUT2D eigenvalue weighted by atomic mass is 9.51. The fourth-order valence-corrected chi connectivity index (χ4v) is 5.16. The monoisotopic (exact) mass is 375 g/mol. The summed E-state index contributed by atoms with van der Waals surface area (Å²) in [6.07, 6.45) is 5.33. The normalized spacial score (nSPS) is 28.6. The predicted octanol–water partition coefficient (Wildman–Crippen LogP) is 2.86. The number of ketones is 1. The smallest absolute Gasteiger partial charge is 0.337 e. The Kier molecular flexibility index (Phi) is 4.46. The third-order valence-corrected chi connectivity index (χ3v) is 6.44. The van der Waals surface area contributed by atoms with Crippen molar-refractivity contribution in [2.75, 3.05) is 7.11 Å². The number of fused-ring (bicyclic) bond motifs is 3. The van der Waals surface area contributed by atoms with Gasteiger partial charge in [0.15, 0.2) is 5.78 Å². The maximum atomic E-state index is 12.8. The molecule has 2 aromatic rings. The molecule has 0 spiro atoms. The fraction of sp³-hybridized carbons (Fsp3) is 0.409. The Balaban J connectivity index is 1.98. The van der Waals surface area contributed by atoms with E-state index in [1.807, 2.05) is 31.3 Å². The van der Waals surface area contributed by atoms with Gasteiger partial charge in [0.2, 0.25) is 0 Å². The van der Waals surface area contributed by atoms with Crippen LogP contribution in [0.25, 0.3) is 0 Å². The molecule has 6 nitrogen and oxygen atoms in total. The van der Waals surface area contributed by atoms with Crippen molar-refractivity contribution in [1.29, 1.82) is 5.26 Å². The number of rotatable bonds is 2. The summed E-state index contributed by atoms with van der Waals surface area (Å²) < 4.78 is 4.89. The summed E-state index contributed by atoms with van der Waals surface area (Å²) in [5, 5.41) is 9.68. The molecular formula is C22H21N3O3. The number of methoxy groups -OCH3 is 1. The minimum atomic E-state index is -0.700. The lowest BCUT2D eigenvalue weighted by molar-refractivity contribution is -0.131. The SMILES string of the molecule is COC(=O)c1cccc([C@]23CC(C#N)C(=O)[C@@H](C)[C@@H]2CCc2cncnc23)c1. The first kappa shape index (κ1) is 18.3. The minimum absolute atomic E-state index is 0.00440. The minimum Gasteiger partial charge on any atom is -0.465 e. The van der Waals surface area contributed by atoms with Crippen LogP contribution in [0.2, 0.25) is 0 Å². The van der Waals surface area contributed by atoms with Crippen LogP contribution in [0.15, 0.2) is 36.8 Å². The van der Waals surface area contributed by atoms with Gasteiger partial charge in [0, 0.05) is 17.5 Å². The number of esters is 1. The molecule has 1 saturated carbocycles. The average molecular weight is 375 g/mol. The van der Waals surface area contributed by atoms with Crippen LogP contribution in [0, 0.1) is 29.1 Å². The van der Waals surface area contributed by atoms with E-state index < -0.39 is 17.3 Å². The van der Waals surface area contributed by atoms with Gasteiger partial charge in [-0.2, -0.15) is 5.26 Å². The number of nitriles is 1.